The highest BCUT2D eigenvalue weighted by atomic mass is 79.9. The number of thiophene rings is 1. The Kier molecular flexibility index (Phi) is 4.80. The molecule has 4 heteroatoms. The average Bonchev–Trinajstić information content (AvgIpc) is 2.73. The maximum Gasteiger partial charge on any atom is 0.123 e. The molecule has 18 heavy (non-hydrogen) atoms. The minimum atomic E-state index is 0.144. The summed E-state index contributed by atoms with van der Waals surface area (Å²) >= 11 is 5.15. The van der Waals surface area contributed by atoms with Gasteiger partial charge in [-0.05, 0) is 53.0 Å². The largest absolute Gasteiger partial charge is 0.488 e. The van der Waals surface area contributed by atoms with Crippen molar-refractivity contribution in [3.8, 4) is 5.75 Å². The molecule has 2 aromatic rings. The first-order chi connectivity index (χ1) is 8.65. The Labute approximate surface area is 120 Å². The van der Waals surface area contributed by atoms with Gasteiger partial charge in [0.05, 0.1) is 3.79 Å². The number of rotatable bonds is 5. The number of halogens is 1. The first-order valence-electron chi connectivity index (χ1n) is 5.85. The Morgan fingerprint density at radius 3 is 2.72 bits per heavy atom. The fourth-order valence-electron chi connectivity index (χ4n) is 1.74. The quantitative estimate of drug-likeness (QED) is 0.902. The maximum absolute atomic E-state index is 5.87. The highest BCUT2D eigenvalue weighted by molar-refractivity contribution is 9.11. The molecule has 0 saturated heterocycles. The first-order valence-corrected chi connectivity index (χ1v) is 7.46. The van der Waals surface area contributed by atoms with Crippen LogP contribution in [-0.2, 0) is 13.0 Å². The molecule has 1 aromatic carbocycles. The molecule has 0 fully saturated rings. The zero-order chi connectivity index (χ0) is 13.0. The molecule has 0 saturated carbocycles. The van der Waals surface area contributed by atoms with Gasteiger partial charge in [-0.2, -0.15) is 0 Å². The monoisotopic (exact) mass is 325 g/mol. The van der Waals surface area contributed by atoms with E-state index in [9.17, 15) is 0 Å². The summed E-state index contributed by atoms with van der Waals surface area (Å²) < 4.78 is 7.00. The Morgan fingerprint density at radius 2 is 2.06 bits per heavy atom. The molecule has 0 bridgehead atoms. The summed E-state index contributed by atoms with van der Waals surface area (Å²) in [5.74, 6) is 0.930. The summed E-state index contributed by atoms with van der Waals surface area (Å²) in [5.41, 5.74) is 7.01. The van der Waals surface area contributed by atoms with Crippen LogP contribution in [0.2, 0.25) is 0 Å². The van der Waals surface area contributed by atoms with Crippen LogP contribution in [-0.4, -0.2) is 6.04 Å². The van der Waals surface area contributed by atoms with Gasteiger partial charge in [0.1, 0.15) is 12.4 Å². The predicted molar refractivity (Wildman–Crippen MR) is 80.1 cm³/mol. The van der Waals surface area contributed by atoms with Crippen LogP contribution in [0, 0.1) is 0 Å². The van der Waals surface area contributed by atoms with Gasteiger partial charge in [0.2, 0.25) is 0 Å². The van der Waals surface area contributed by atoms with Crippen molar-refractivity contribution in [3.63, 3.8) is 0 Å². The standard InChI is InChI=1S/C14H16BrNOS/c1-10(16)8-11-4-2-3-5-13(11)17-9-12-6-7-14(15)18-12/h2-7,10H,8-9,16H2,1H3. The van der Waals surface area contributed by atoms with E-state index in [2.05, 4.69) is 28.1 Å². The molecule has 0 aliphatic heterocycles. The molecule has 0 spiro atoms. The van der Waals surface area contributed by atoms with Crippen molar-refractivity contribution in [3.05, 3.63) is 50.6 Å². The SMILES string of the molecule is CC(N)Cc1ccccc1OCc1ccc(Br)s1. The van der Waals surface area contributed by atoms with Crippen LogP contribution in [0.1, 0.15) is 17.4 Å². The molecule has 0 aliphatic rings. The van der Waals surface area contributed by atoms with E-state index < -0.39 is 0 Å². The number of hydrogen-bond acceptors (Lipinski definition) is 3. The fourth-order valence-corrected chi connectivity index (χ4v) is 3.13. The predicted octanol–water partition coefficient (Wildman–Crippen LogP) is 3.98. The summed E-state index contributed by atoms with van der Waals surface area (Å²) in [5, 5.41) is 0. The van der Waals surface area contributed by atoms with Crippen molar-refractivity contribution in [1.82, 2.24) is 0 Å². The van der Waals surface area contributed by atoms with Crippen molar-refractivity contribution >= 4 is 27.3 Å². The Bertz CT molecular complexity index is 510. The summed E-state index contributed by atoms with van der Waals surface area (Å²) in [6.07, 6.45) is 0.838. The van der Waals surface area contributed by atoms with Gasteiger partial charge in [-0.3, -0.25) is 0 Å². The molecule has 2 N–H and O–H groups in total. The van der Waals surface area contributed by atoms with E-state index in [1.165, 1.54) is 10.4 Å². The lowest BCUT2D eigenvalue weighted by molar-refractivity contribution is 0.306. The van der Waals surface area contributed by atoms with Crippen LogP contribution in [0.4, 0.5) is 0 Å². The Balaban J connectivity index is 2.04. The molecule has 0 amide bonds. The third-order valence-electron chi connectivity index (χ3n) is 2.51. The van der Waals surface area contributed by atoms with Crippen molar-refractivity contribution < 1.29 is 4.74 Å². The van der Waals surface area contributed by atoms with Gasteiger partial charge in [-0.15, -0.1) is 11.3 Å². The summed E-state index contributed by atoms with van der Waals surface area (Å²) in [6.45, 7) is 2.61. The van der Waals surface area contributed by atoms with Gasteiger partial charge >= 0.3 is 0 Å². The molecular formula is C14H16BrNOS. The van der Waals surface area contributed by atoms with Gasteiger partial charge < -0.3 is 10.5 Å². The zero-order valence-electron chi connectivity index (χ0n) is 10.2. The Morgan fingerprint density at radius 1 is 1.28 bits per heavy atom. The normalized spacial score (nSPS) is 12.4. The van der Waals surface area contributed by atoms with Crippen LogP contribution in [0.5, 0.6) is 5.75 Å². The number of benzene rings is 1. The fraction of sp³-hybridized carbons (Fsp3) is 0.286. The van der Waals surface area contributed by atoms with E-state index in [0.29, 0.717) is 6.61 Å². The van der Waals surface area contributed by atoms with Crippen molar-refractivity contribution in [2.24, 2.45) is 5.73 Å². The highest BCUT2D eigenvalue weighted by Crippen LogP contribution is 2.25. The minimum Gasteiger partial charge on any atom is -0.488 e. The number of hydrogen-bond donors (Lipinski definition) is 1. The molecular weight excluding hydrogens is 310 g/mol. The third-order valence-corrected chi connectivity index (χ3v) is 4.11. The van der Waals surface area contributed by atoms with Crippen LogP contribution in [0.25, 0.3) is 0 Å². The molecule has 1 unspecified atom stereocenters. The molecule has 1 heterocycles. The van der Waals surface area contributed by atoms with Crippen molar-refractivity contribution in [1.29, 1.82) is 0 Å². The topological polar surface area (TPSA) is 35.2 Å². The van der Waals surface area contributed by atoms with E-state index in [0.717, 1.165) is 16.0 Å². The van der Waals surface area contributed by atoms with E-state index >= 15 is 0 Å². The van der Waals surface area contributed by atoms with Gasteiger partial charge in [0.25, 0.3) is 0 Å². The number of nitrogens with two attached hydrogens (primary N) is 1. The molecule has 0 radical (unpaired) electrons. The summed E-state index contributed by atoms with van der Waals surface area (Å²) in [4.78, 5) is 1.21. The second-order valence-corrected chi connectivity index (χ2v) is 6.83. The molecule has 2 nitrogen and oxygen atoms in total. The third kappa shape index (κ3) is 3.83. The molecule has 2 rings (SSSR count). The Hall–Kier alpha value is -0.840. The lowest BCUT2D eigenvalue weighted by Gasteiger charge is -2.12. The van der Waals surface area contributed by atoms with Crippen LogP contribution >= 0.6 is 27.3 Å². The first kappa shape index (κ1) is 13.6. The van der Waals surface area contributed by atoms with Crippen LogP contribution in [0.3, 0.4) is 0 Å². The molecule has 1 atom stereocenters. The van der Waals surface area contributed by atoms with Gasteiger partial charge in [-0.25, -0.2) is 0 Å². The van der Waals surface area contributed by atoms with Gasteiger partial charge in [0.15, 0.2) is 0 Å². The molecule has 96 valence electrons. The maximum atomic E-state index is 5.87. The second-order valence-electron chi connectivity index (χ2n) is 4.28. The number of para-hydroxylation sites is 1. The summed E-state index contributed by atoms with van der Waals surface area (Å²) in [7, 11) is 0. The second kappa shape index (κ2) is 6.36. The smallest absolute Gasteiger partial charge is 0.123 e. The number of ether oxygens (including phenoxy) is 1. The minimum absolute atomic E-state index is 0.144. The van der Waals surface area contributed by atoms with E-state index in [4.69, 9.17) is 10.5 Å². The van der Waals surface area contributed by atoms with Crippen molar-refractivity contribution in [2.45, 2.75) is 26.0 Å². The molecule has 0 aliphatic carbocycles. The zero-order valence-corrected chi connectivity index (χ0v) is 12.6. The van der Waals surface area contributed by atoms with Crippen LogP contribution < -0.4 is 10.5 Å². The average molecular weight is 326 g/mol. The van der Waals surface area contributed by atoms with Crippen LogP contribution in [0.15, 0.2) is 40.2 Å². The van der Waals surface area contributed by atoms with Crippen molar-refractivity contribution in [2.75, 3.05) is 0 Å². The van der Waals surface area contributed by atoms with Gasteiger partial charge in [0, 0.05) is 10.9 Å². The summed E-state index contributed by atoms with van der Waals surface area (Å²) in [6, 6.07) is 12.3. The van der Waals surface area contributed by atoms with E-state index in [1.54, 1.807) is 11.3 Å². The lowest BCUT2D eigenvalue weighted by atomic mass is 10.1. The highest BCUT2D eigenvalue weighted by Gasteiger charge is 2.06. The van der Waals surface area contributed by atoms with E-state index in [-0.39, 0.29) is 6.04 Å². The lowest BCUT2D eigenvalue weighted by Crippen LogP contribution is -2.18. The molecule has 1 aromatic heterocycles. The van der Waals surface area contributed by atoms with E-state index in [1.807, 2.05) is 31.2 Å². The van der Waals surface area contributed by atoms with Gasteiger partial charge in [-0.1, -0.05) is 18.2 Å².